The van der Waals surface area contributed by atoms with Gasteiger partial charge >= 0.3 is 6.09 Å². The van der Waals surface area contributed by atoms with E-state index in [0.717, 1.165) is 16.7 Å². The number of ether oxygens (including phenoxy) is 2. The average molecular weight is 315 g/mol. The molecule has 0 aliphatic carbocycles. The van der Waals surface area contributed by atoms with E-state index in [1.807, 2.05) is 39.0 Å². The first-order valence-corrected chi connectivity index (χ1v) is 7.84. The third-order valence-corrected chi connectivity index (χ3v) is 3.66. The lowest BCUT2D eigenvalue weighted by atomic mass is 9.97. The van der Waals surface area contributed by atoms with Crippen LogP contribution in [0.5, 0.6) is 5.75 Å². The first kappa shape index (κ1) is 17.1. The molecule has 124 valence electrons. The highest BCUT2D eigenvalue weighted by Crippen LogP contribution is 2.30. The van der Waals surface area contributed by atoms with Crippen molar-refractivity contribution in [2.75, 3.05) is 13.7 Å². The van der Waals surface area contributed by atoms with Crippen LogP contribution in [-0.4, -0.2) is 25.3 Å². The number of rotatable bonds is 4. The van der Waals surface area contributed by atoms with Crippen molar-refractivity contribution in [3.63, 3.8) is 0 Å². The van der Waals surface area contributed by atoms with Gasteiger partial charge in [0.05, 0.1) is 7.11 Å². The van der Waals surface area contributed by atoms with E-state index in [4.69, 9.17) is 9.47 Å². The molecule has 0 spiro atoms. The summed E-state index contributed by atoms with van der Waals surface area (Å²) >= 11 is 0. The molecule has 1 amide bonds. The normalized spacial score (nSPS) is 11.3. The first-order valence-electron chi connectivity index (χ1n) is 7.84. The van der Waals surface area contributed by atoms with Crippen molar-refractivity contribution in [1.29, 1.82) is 0 Å². The molecule has 0 saturated carbocycles. The molecule has 0 aliphatic heterocycles. The number of fused-ring (bicyclic) bond motifs is 1. The molecule has 0 radical (unpaired) electrons. The van der Waals surface area contributed by atoms with E-state index in [2.05, 4.69) is 24.4 Å². The Balaban J connectivity index is 2.13. The van der Waals surface area contributed by atoms with Crippen LogP contribution in [0.3, 0.4) is 0 Å². The number of amides is 1. The van der Waals surface area contributed by atoms with Gasteiger partial charge in [0.1, 0.15) is 11.4 Å². The second kappa shape index (κ2) is 6.90. The molecule has 1 N–H and O–H groups in total. The maximum absolute atomic E-state index is 11.7. The summed E-state index contributed by atoms with van der Waals surface area (Å²) in [5.41, 5.74) is 1.81. The Kier molecular flexibility index (Phi) is 5.14. The number of carbonyl (C=O) groups is 1. The summed E-state index contributed by atoms with van der Waals surface area (Å²) in [5.74, 6) is 0.854. The number of carbonyl (C=O) groups excluding carboxylic acids is 1. The molecular weight excluding hydrogens is 290 g/mol. The first-order chi connectivity index (χ1) is 10.8. The van der Waals surface area contributed by atoms with E-state index in [1.165, 1.54) is 10.9 Å². The van der Waals surface area contributed by atoms with Gasteiger partial charge in [0.25, 0.3) is 0 Å². The van der Waals surface area contributed by atoms with Crippen molar-refractivity contribution in [3.05, 3.63) is 41.5 Å². The molecule has 0 heterocycles. The van der Waals surface area contributed by atoms with Crippen molar-refractivity contribution in [2.45, 2.75) is 39.7 Å². The smallest absolute Gasteiger partial charge is 0.407 e. The van der Waals surface area contributed by atoms with Gasteiger partial charge in [-0.15, -0.1) is 0 Å². The predicted octanol–water partition coefficient (Wildman–Crippen LogP) is 4.22. The monoisotopic (exact) mass is 315 g/mol. The summed E-state index contributed by atoms with van der Waals surface area (Å²) < 4.78 is 10.8. The van der Waals surface area contributed by atoms with E-state index in [-0.39, 0.29) is 0 Å². The Hall–Kier alpha value is -2.23. The van der Waals surface area contributed by atoms with E-state index >= 15 is 0 Å². The number of methoxy groups -OCH3 is 1. The largest absolute Gasteiger partial charge is 0.496 e. The Labute approximate surface area is 137 Å². The van der Waals surface area contributed by atoms with Gasteiger partial charge in [0, 0.05) is 6.54 Å². The van der Waals surface area contributed by atoms with Crippen LogP contribution in [-0.2, 0) is 11.2 Å². The highest BCUT2D eigenvalue weighted by atomic mass is 16.6. The van der Waals surface area contributed by atoms with Crippen molar-refractivity contribution >= 4 is 16.9 Å². The highest BCUT2D eigenvalue weighted by Gasteiger charge is 2.16. The zero-order valence-corrected chi connectivity index (χ0v) is 14.5. The molecule has 4 heteroatoms. The molecule has 0 atom stereocenters. The number of hydrogen-bond donors (Lipinski definition) is 1. The molecule has 0 fully saturated rings. The van der Waals surface area contributed by atoms with Gasteiger partial charge in [-0.3, -0.25) is 0 Å². The number of benzene rings is 2. The lowest BCUT2D eigenvalue weighted by molar-refractivity contribution is 0.0528. The Morgan fingerprint density at radius 1 is 1.22 bits per heavy atom. The maximum atomic E-state index is 11.7. The standard InChI is InChI=1S/C19H25NO3/c1-13-15-9-7-6-8-14(15)12-17(22-5)16(13)10-11-20-18(21)23-19(2,3)4/h6-9,12H,10-11H2,1-5H3,(H,20,21). The molecule has 4 nitrogen and oxygen atoms in total. The maximum Gasteiger partial charge on any atom is 0.407 e. The summed E-state index contributed by atoms with van der Waals surface area (Å²) in [5, 5.41) is 5.16. The molecule has 0 bridgehead atoms. The van der Waals surface area contributed by atoms with Crippen molar-refractivity contribution in [1.82, 2.24) is 5.32 Å². The van der Waals surface area contributed by atoms with E-state index in [0.29, 0.717) is 13.0 Å². The predicted molar refractivity (Wildman–Crippen MR) is 93.2 cm³/mol. The fraction of sp³-hybridized carbons (Fsp3) is 0.421. The second-order valence-electron chi connectivity index (χ2n) is 6.58. The van der Waals surface area contributed by atoms with Crippen LogP contribution in [0.1, 0.15) is 31.9 Å². The Morgan fingerprint density at radius 2 is 1.91 bits per heavy atom. The van der Waals surface area contributed by atoms with Crippen molar-refractivity contribution < 1.29 is 14.3 Å². The third kappa shape index (κ3) is 4.38. The molecule has 23 heavy (non-hydrogen) atoms. The van der Waals surface area contributed by atoms with Gasteiger partial charge in [-0.1, -0.05) is 24.3 Å². The highest BCUT2D eigenvalue weighted by molar-refractivity contribution is 5.88. The summed E-state index contributed by atoms with van der Waals surface area (Å²) in [7, 11) is 1.67. The second-order valence-corrected chi connectivity index (χ2v) is 6.58. The van der Waals surface area contributed by atoms with Crippen molar-refractivity contribution in [3.8, 4) is 5.75 Å². The van der Waals surface area contributed by atoms with Crippen LogP contribution in [0.2, 0.25) is 0 Å². The molecule has 0 unspecified atom stereocenters. The molecule has 0 aliphatic rings. The lowest BCUT2D eigenvalue weighted by Gasteiger charge is -2.20. The fourth-order valence-electron chi connectivity index (χ4n) is 2.64. The fourth-order valence-corrected chi connectivity index (χ4v) is 2.64. The molecule has 2 rings (SSSR count). The minimum atomic E-state index is -0.485. The van der Waals surface area contributed by atoms with E-state index in [1.54, 1.807) is 7.11 Å². The van der Waals surface area contributed by atoms with Crippen LogP contribution in [0.15, 0.2) is 30.3 Å². The van der Waals surface area contributed by atoms with Crippen LogP contribution >= 0.6 is 0 Å². The van der Waals surface area contributed by atoms with Gasteiger partial charge < -0.3 is 14.8 Å². The van der Waals surface area contributed by atoms with Crippen LogP contribution in [0.25, 0.3) is 10.8 Å². The molecular formula is C19H25NO3. The van der Waals surface area contributed by atoms with Gasteiger partial charge in [-0.05, 0) is 62.1 Å². The topological polar surface area (TPSA) is 47.6 Å². The molecule has 0 saturated heterocycles. The molecule has 0 aromatic heterocycles. The minimum Gasteiger partial charge on any atom is -0.496 e. The molecule has 2 aromatic carbocycles. The lowest BCUT2D eigenvalue weighted by Crippen LogP contribution is -2.33. The zero-order valence-electron chi connectivity index (χ0n) is 14.5. The van der Waals surface area contributed by atoms with Crippen molar-refractivity contribution in [2.24, 2.45) is 0 Å². The van der Waals surface area contributed by atoms with Gasteiger partial charge in [-0.2, -0.15) is 0 Å². The average Bonchev–Trinajstić information content (AvgIpc) is 2.47. The van der Waals surface area contributed by atoms with Crippen LogP contribution in [0.4, 0.5) is 4.79 Å². The zero-order chi connectivity index (χ0) is 17.0. The van der Waals surface area contributed by atoms with E-state index in [9.17, 15) is 4.79 Å². The van der Waals surface area contributed by atoms with Gasteiger partial charge in [0.2, 0.25) is 0 Å². The van der Waals surface area contributed by atoms with Crippen LogP contribution < -0.4 is 10.1 Å². The number of aryl methyl sites for hydroxylation is 1. The quantitative estimate of drug-likeness (QED) is 0.918. The summed E-state index contributed by atoms with van der Waals surface area (Å²) in [4.78, 5) is 11.7. The number of alkyl carbamates (subject to hydrolysis) is 1. The SMILES string of the molecule is COc1cc2ccccc2c(C)c1CCNC(=O)OC(C)(C)C. The van der Waals surface area contributed by atoms with Gasteiger partial charge in [0.15, 0.2) is 0 Å². The summed E-state index contributed by atoms with van der Waals surface area (Å²) in [6, 6.07) is 10.3. The Bertz CT molecular complexity index is 702. The number of nitrogens with one attached hydrogen (secondary N) is 1. The summed E-state index contributed by atoms with van der Waals surface area (Å²) in [6.45, 7) is 8.15. The van der Waals surface area contributed by atoms with Crippen LogP contribution in [0, 0.1) is 6.92 Å². The van der Waals surface area contributed by atoms with E-state index < -0.39 is 11.7 Å². The van der Waals surface area contributed by atoms with Gasteiger partial charge in [-0.25, -0.2) is 4.79 Å². The molecule has 2 aromatic rings. The number of hydrogen-bond acceptors (Lipinski definition) is 3. The summed E-state index contributed by atoms with van der Waals surface area (Å²) in [6.07, 6.45) is 0.300. The minimum absolute atomic E-state index is 0.394. The Morgan fingerprint density at radius 3 is 2.57 bits per heavy atom. The third-order valence-electron chi connectivity index (χ3n) is 3.66.